The van der Waals surface area contributed by atoms with E-state index in [4.69, 9.17) is 0 Å². The number of imidazole rings is 1. The molecule has 0 saturated carbocycles. The Balaban J connectivity index is 1.36. The van der Waals surface area contributed by atoms with E-state index in [0.717, 1.165) is 16.9 Å². The van der Waals surface area contributed by atoms with Gasteiger partial charge in [0, 0.05) is 49.5 Å². The molecule has 1 spiro atoms. The molecular formula is C22H23N5O2. The molecule has 148 valence electrons. The highest BCUT2D eigenvalue weighted by molar-refractivity contribution is 6.06. The molecule has 1 aromatic carbocycles. The SMILES string of the molecule is O=C(C(Cc1cnc[nH]1)n1cccc1)N1CCC2(CC1)C(=O)Nc1ccccc12. The molecule has 0 bridgehead atoms. The molecule has 1 saturated heterocycles. The molecule has 0 radical (unpaired) electrons. The van der Waals surface area contributed by atoms with Crippen LogP contribution >= 0.6 is 0 Å². The molecule has 4 heterocycles. The number of benzene rings is 1. The van der Waals surface area contributed by atoms with Crippen LogP contribution in [0.3, 0.4) is 0 Å². The molecule has 2 aromatic heterocycles. The summed E-state index contributed by atoms with van der Waals surface area (Å²) in [6.45, 7) is 1.14. The summed E-state index contributed by atoms with van der Waals surface area (Å²) in [4.78, 5) is 35.3. The quantitative estimate of drug-likeness (QED) is 0.719. The van der Waals surface area contributed by atoms with Gasteiger partial charge < -0.3 is 19.8 Å². The van der Waals surface area contributed by atoms with Gasteiger partial charge in [-0.15, -0.1) is 0 Å². The number of nitrogens with one attached hydrogen (secondary N) is 2. The number of aromatic nitrogens is 3. The highest BCUT2D eigenvalue weighted by Gasteiger charge is 2.49. The molecule has 1 atom stereocenters. The fourth-order valence-electron chi connectivity index (χ4n) is 4.67. The lowest BCUT2D eigenvalue weighted by atomic mass is 9.73. The lowest BCUT2D eigenvalue weighted by molar-refractivity contribution is -0.138. The fourth-order valence-corrected chi connectivity index (χ4v) is 4.67. The first-order valence-electron chi connectivity index (χ1n) is 9.97. The zero-order valence-corrected chi connectivity index (χ0v) is 16.0. The summed E-state index contributed by atoms with van der Waals surface area (Å²) < 4.78 is 1.95. The third-order valence-corrected chi connectivity index (χ3v) is 6.29. The molecule has 29 heavy (non-hydrogen) atoms. The van der Waals surface area contributed by atoms with E-state index >= 15 is 0 Å². The Bertz CT molecular complexity index is 1020. The maximum atomic E-state index is 13.4. The number of anilines is 1. The van der Waals surface area contributed by atoms with Gasteiger partial charge >= 0.3 is 0 Å². The highest BCUT2D eigenvalue weighted by atomic mass is 16.2. The Morgan fingerprint density at radius 2 is 1.90 bits per heavy atom. The number of hydrogen-bond acceptors (Lipinski definition) is 3. The number of rotatable bonds is 4. The lowest BCUT2D eigenvalue weighted by Gasteiger charge is -2.39. The van der Waals surface area contributed by atoms with Gasteiger partial charge in [-0.05, 0) is 36.6 Å². The number of fused-ring (bicyclic) bond motifs is 2. The second-order valence-corrected chi connectivity index (χ2v) is 7.83. The van der Waals surface area contributed by atoms with E-state index < -0.39 is 5.41 Å². The van der Waals surface area contributed by atoms with Crippen molar-refractivity contribution in [2.24, 2.45) is 0 Å². The molecular weight excluding hydrogens is 366 g/mol. The predicted molar refractivity (Wildman–Crippen MR) is 108 cm³/mol. The third-order valence-electron chi connectivity index (χ3n) is 6.29. The molecule has 1 unspecified atom stereocenters. The number of H-pyrrole nitrogens is 1. The summed E-state index contributed by atoms with van der Waals surface area (Å²) in [5.74, 6) is 0.141. The number of hydrogen-bond donors (Lipinski definition) is 2. The van der Waals surface area contributed by atoms with Gasteiger partial charge in [0.1, 0.15) is 6.04 Å². The van der Waals surface area contributed by atoms with Gasteiger partial charge in [-0.3, -0.25) is 9.59 Å². The minimum atomic E-state index is -0.514. The normalized spacial score (nSPS) is 18.5. The van der Waals surface area contributed by atoms with Crippen LogP contribution in [0.5, 0.6) is 0 Å². The van der Waals surface area contributed by atoms with Gasteiger partial charge in [-0.2, -0.15) is 0 Å². The average molecular weight is 389 g/mol. The van der Waals surface area contributed by atoms with Crippen LogP contribution in [0.1, 0.15) is 30.1 Å². The Kier molecular flexibility index (Phi) is 4.23. The van der Waals surface area contributed by atoms with Gasteiger partial charge in [0.25, 0.3) is 0 Å². The van der Waals surface area contributed by atoms with Crippen LogP contribution in [0, 0.1) is 0 Å². The summed E-state index contributed by atoms with van der Waals surface area (Å²) in [6.07, 6.45) is 9.07. The number of piperidine rings is 1. The summed E-state index contributed by atoms with van der Waals surface area (Å²) in [7, 11) is 0. The Morgan fingerprint density at radius 3 is 2.62 bits per heavy atom. The number of para-hydroxylation sites is 1. The smallest absolute Gasteiger partial charge is 0.246 e. The maximum Gasteiger partial charge on any atom is 0.246 e. The van der Waals surface area contributed by atoms with Crippen molar-refractivity contribution in [1.29, 1.82) is 0 Å². The summed E-state index contributed by atoms with van der Waals surface area (Å²) >= 11 is 0. The van der Waals surface area contributed by atoms with Crippen molar-refractivity contribution in [2.45, 2.75) is 30.7 Å². The van der Waals surface area contributed by atoms with E-state index in [0.29, 0.717) is 32.4 Å². The molecule has 3 aromatic rings. The number of likely N-dealkylation sites (tertiary alicyclic amines) is 1. The van der Waals surface area contributed by atoms with Gasteiger partial charge in [0.05, 0.1) is 11.7 Å². The fraction of sp³-hybridized carbons (Fsp3) is 0.318. The second kappa shape index (κ2) is 6.92. The van der Waals surface area contributed by atoms with Crippen LogP contribution in [0.15, 0.2) is 61.3 Å². The van der Waals surface area contributed by atoms with E-state index in [-0.39, 0.29) is 17.9 Å². The van der Waals surface area contributed by atoms with Crippen molar-refractivity contribution >= 4 is 17.5 Å². The van der Waals surface area contributed by atoms with E-state index in [1.54, 1.807) is 12.5 Å². The molecule has 2 aliphatic heterocycles. The zero-order chi connectivity index (χ0) is 19.8. The van der Waals surface area contributed by atoms with Crippen molar-refractivity contribution in [1.82, 2.24) is 19.4 Å². The molecule has 2 amide bonds. The number of carbonyl (C=O) groups excluding carboxylic acids is 2. The van der Waals surface area contributed by atoms with E-state index in [9.17, 15) is 9.59 Å². The van der Waals surface area contributed by atoms with Gasteiger partial charge in [-0.1, -0.05) is 18.2 Å². The van der Waals surface area contributed by atoms with Gasteiger partial charge in [0.2, 0.25) is 11.8 Å². The Labute approximate surface area is 168 Å². The maximum absolute atomic E-state index is 13.4. The molecule has 1 fully saturated rings. The van der Waals surface area contributed by atoms with E-state index in [2.05, 4.69) is 15.3 Å². The van der Waals surface area contributed by atoms with Gasteiger partial charge in [-0.25, -0.2) is 4.98 Å². The zero-order valence-electron chi connectivity index (χ0n) is 16.0. The number of carbonyl (C=O) groups is 2. The highest BCUT2D eigenvalue weighted by Crippen LogP contribution is 2.45. The van der Waals surface area contributed by atoms with Crippen LogP contribution < -0.4 is 5.32 Å². The van der Waals surface area contributed by atoms with Crippen molar-refractivity contribution in [2.75, 3.05) is 18.4 Å². The lowest BCUT2D eigenvalue weighted by Crippen LogP contribution is -2.50. The van der Waals surface area contributed by atoms with Crippen LogP contribution in [0.2, 0.25) is 0 Å². The largest absolute Gasteiger partial charge is 0.348 e. The molecule has 7 heteroatoms. The number of aromatic amines is 1. The monoisotopic (exact) mass is 389 g/mol. The first kappa shape index (κ1) is 17.7. The average Bonchev–Trinajstić information content (AvgIpc) is 3.49. The summed E-state index contributed by atoms with van der Waals surface area (Å²) in [5, 5.41) is 3.02. The molecule has 7 nitrogen and oxygen atoms in total. The van der Waals surface area contributed by atoms with E-state index in [1.165, 1.54) is 0 Å². The second-order valence-electron chi connectivity index (χ2n) is 7.83. The van der Waals surface area contributed by atoms with Crippen molar-refractivity contribution in [3.8, 4) is 0 Å². The molecule has 2 aliphatic rings. The third kappa shape index (κ3) is 2.93. The summed E-state index contributed by atoms with van der Waals surface area (Å²) in [5.41, 5.74) is 2.38. The van der Waals surface area contributed by atoms with Crippen LogP contribution in [-0.4, -0.2) is 44.3 Å². The predicted octanol–water partition coefficient (Wildman–Crippen LogP) is 2.51. The van der Waals surface area contributed by atoms with Crippen molar-refractivity contribution in [3.63, 3.8) is 0 Å². The van der Waals surface area contributed by atoms with Gasteiger partial charge in [0.15, 0.2) is 0 Å². The van der Waals surface area contributed by atoms with E-state index in [1.807, 2.05) is 58.3 Å². The number of amides is 2. The summed E-state index contributed by atoms with van der Waals surface area (Å²) in [6, 6.07) is 11.4. The van der Waals surface area contributed by atoms with Crippen molar-refractivity contribution < 1.29 is 9.59 Å². The standard InChI is InChI=1S/C22H23N5O2/c28-20(19(26-9-3-4-10-26)13-16-14-23-15-24-16)27-11-7-22(8-12-27)17-5-1-2-6-18(17)25-21(22)29/h1-6,9-10,14-15,19H,7-8,11-13H2,(H,23,24)(H,25,29). The van der Waals surface area contributed by atoms with Crippen LogP contribution in [-0.2, 0) is 21.4 Å². The first-order chi connectivity index (χ1) is 14.2. The first-order valence-corrected chi connectivity index (χ1v) is 9.97. The Hall–Kier alpha value is -3.35. The molecule has 5 rings (SSSR count). The van der Waals surface area contributed by atoms with Crippen LogP contribution in [0.4, 0.5) is 5.69 Å². The minimum Gasteiger partial charge on any atom is -0.348 e. The Morgan fingerprint density at radius 1 is 1.14 bits per heavy atom. The molecule has 0 aliphatic carbocycles. The molecule has 2 N–H and O–H groups in total. The number of nitrogens with zero attached hydrogens (tertiary/aromatic N) is 3. The van der Waals surface area contributed by atoms with Crippen LogP contribution in [0.25, 0.3) is 0 Å². The topological polar surface area (TPSA) is 83.0 Å². The van der Waals surface area contributed by atoms with Crippen molar-refractivity contribution in [3.05, 3.63) is 72.6 Å². The minimum absolute atomic E-state index is 0.0604.